The highest BCUT2D eigenvalue weighted by Gasteiger charge is 2.61. The van der Waals surface area contributed by atoms with Crippen LogP contribution in [-0.4, -0.2) is 238 Å². The van der Waals surface area contributed by atoms with Crippen LogP contribution < -0.4 is 0 Å². The first-order valence-corrected chi connectivity index (χ1v) is 32.1. The molecule has 0 spiro atoms. The normalized spacial score (nSPS) is 46.4. The zero-order valence-corrected chi connectivity index (χ0v) is 56.0. The molecule has 0 aromatic rings. The number of hydrogen-bond donors (Lipinski definition) is 8. The van der Waals surface area contributed by atoms with Crippen LogP contribution in [0.15, 0.2) is 46.6 Å². The molecule has 1 aliphatic carbocycles. The number of aliphatic hydroxyl groups is 8. The molecule has 0 radical (unpaired) electrons. The average molecular weight is 1280 g/mol. The van der Waals surface area contributed by atoms with E-state index < -0.39 is 205 Å². The SMILES string of the molecule is COC[C@@H](C[C@H]1O[C@@](O)([C@H](O)[C@@H]2C[C@H](OC)[C@H](O)CC[C@H]3C(C)=C[C@@H]([C@@H](O[C@@H]4O[C@@H](C)[C@H](OC)[C@@H](O)[C@@H]4O)[C@H](C)/C=C(C)/C=C(C)/C=C(\C)C(=O)O2)[C@H]2C(=O)N(C(C)(C)C)C(=O)[C@H]23)[C@H](C)[C@@H](O)[C@H]1C)O[C@H]1C[C@](C)(O)[C@@H](O[C@H]2C[C@@H](OC)[C@H](O)[C@@H](C)O2)[C@H](C)O1. The lowest BCUT2D eigenvalue weighted by atomic mass is 9.64. The van der Waals surface area contributed by atoms with Crippen molar-refractivity contribution in [2.45, 2.75) is 275 Å². The number of nitrogens with zero attached hydrogens (tertiary/aromatic N) is 1. The molecular formula is C66H107NO23. The summed E-state index contributed by atoms with van der Waals surface area (Å²) < 4.78 is 73.2. The van der Waals surface area contributed by atoms with Gasteiger partial charge in [0.05, 0.1) is 85.1 Å². The molecule has 7 rings (SSSR count). The van der Waals surface area contributed by atoms with Crippen molar-refractivity contribution in [3.8, 4) is 0 Å². The smallest absolute Gasteiger partial charge is 0.334 e. The molecule has 514 valence electrons. The average Bonchev–Trinajstić information content (AvgIpc) is 1.58. The molecule has 5 fully saturated rings. The van der Waals surface area contributed by atoms with Gasteiger partial charge in [0, 0.05) is 88.9 Å². The van der Waals surface area contributed by atoms with E-state index >= 15 is 9.59 Å². The van der Waals surface area contributed by atoms with Crippen LogP contribution in [0.2, 0.25) is 0 Å². The number of esters is 1. The van der Waals surface area contributed by atoms with E-state index in [4.69, 9.17) is 56.8 Å². The third kappa shape index (κ3) is 16.0. The second kappa shape index (κ2) is 30.3. The monoisotopic (exact) mass is 1280 g/mol. The summed E-state index contributed by atoms with van der Waals surface area (Å²) in [6.45, 7) is 24.2. The Morgan fingerprint density at radius 1 is 0.711 bits per heavy atom. The van der Waals surface area contributed by atoms with Gasteiger partial charge in [-0.15, -0.1) is 0 Å². The summed E-state index contributed by atoms with van der Waals surface area (Å²) in [5.41, 5.74) is -0.309. The third-order valence-electron chi connectivity index (χ3n) is 20.0. The van der Waals surface area contributed by atoms with Gasteiger partial charge in [-0.3, -0.25) is 14.5 Å². The van der Waals surface area contributed by atoms with Gasteiger partial charge in [-0.1, -0.05) is 55.7 Å². The van der Waals surface area contributed by atoms with Crippen LogP contribution in [0.5, 0.6) is 0 Å². The van der Waals surface area contributed by atoms with Crippen molar-refractivity contribution in [2.24, 2.45) is 41.4 Å². The number of methoxy groups -OCH3 is 4. The van der Waals surface area contributed by atoms with E-state index in [2.05, 4.69) is 0 Å². The molecule has 90 heavy (non-hydrogen) atoms. The van der Waals surface area contributed by atoms with E-state index in [9.17, 15) is 45.6 Å². The van der Waals surface area contributed by atoms with Crippen LogP contribution in [0.3, 0.4) is 0 Å². The summed E-state index contributed by atoms with van der Waals surface area (Å²) >= 11 is 0. The maximum atomic E-state index is 15.1. The number of amides is 2. The summed E-state index contributed by atoms with van der Waals surface area (Å²) in [6.07, 6.45) is -14.6. The van der Waals surface area contributed by atoms with E-state index in [-0.39, 0.29) is 44.3 Å². The number of hydrogen-bond acceptors (Lipinski definition) is 23. The van der Waals surface area contributed by atoms with Crippen LogP contribution in [0, 0.1) is 41.4 Å². The molecule has 6 heterocycles. The Morgan fingerprint density at radius 2 is 1.36 bits per heavy atom. The van der Waals surface area contributed by atoms with Gasteiger partial charge in [0.25, 0.3) is 0 Å². The number of rotatable bonds is 15. The van der Waals surface area contributed by atoms with E-state index in [0.717, 1.165) is 5.57 Å². The first kappa shape index (κ1) is 74.2. The van der Waals surface area contributed by atoms with Crippen LogP contribution in [-0.2, 0) is 71.2 Å². The van der Waals surface area contributed by atoms with Gasteiger partial charge in [0.1, 0.15) is 42.7 Å². The number of carbonyl (C=O) groups excluding carboxylic acids is 3. The molecule has 0 saturated carbocycles. The van der Waals surface area contributed by atoms with Gasteiger partial charge in [-0.05, 0) is 101 Å². The lowest BCUT2D eigenvalue weighted by molar-refractivity contribution is -0.366. The fraction of sp³-hybridized carbons (Fsp3) is 0.833. The van der Waals surface area contributed by atoms with Crippen LogP contribution in [0.1, 0.15) is 135 Å². The Kier molecular flexibility index (Phi) is 25.0. The van der Waals surface area contributed by atoms with Crippen molar-refractivity contribution < 1.29 is 112 Å². The van der Waals surface area contributed by atoms with Crippen molar-refractivity contribution in [1.29, 1.82) is 0 Å². The second-order valence-corrected chi connectivity index (χ2v) is 28.0. The molecule has 7 aliphatic rings. The fourth-order valence-electron chi connectivity index (χ4n) is 15.1. The Balaban J connectivity index is 1.19. The highest BCUT2D eigenvalue weighted by molar-refractivity contribution is 6.06. The molecule has 0 aromatic carbocycles. The van der Waals surface area contributed by atoms with Gasteiger partial charge in [-0.2, -0.15) is 0 Å². The van der Waals surface area contributed by atoms with Crippen molar-refractivity contribution in [1.82, 2.24) is 4.90 Å². The van der Waals surface area contributed by atoms with Crippen molar-refractivity contribution in [2.75, 3.05) is 35.0 Å². The highest BCUT2D eigenvalue weighted by atomic mass is 16.7. The number of aliphatic hydroxyl groups excluding tert-OH is 6. The number of ether oxygens (including phenoxy) is 12. The van der Waals surface area contributed by atoms with Gasteiger partial charge < -0.3 is 97.7 Å². The molecule has 24 nitrogen and oxygen atoms in total. The van der Waals surface area contributed by atoms with Gasteiger partial charge in [0.15, 0.2) is 18.9 Å². The molecule has 6 aliphatic heterocycles. The van der Waals surface area contributed by atoms with Gasteiger partial charge >= 0.3 is 5.97 Å². The summed E-state index contributed by atoms with van der Waals surface area (Å²) in [5.74, 6) is -10.0. The number of fused-ring (bicyclic) bond motifs is 5. The van der Waals surface area contributed by atoms with Gasteiger partial charge in [-0.25, -0.2) is 4.79 Å². The lowest BCUT2D eigenvalue weighted by Crippen LogP contribution is -2.66. The molecule has 8 N–H and O–H groups in total. The maximum Gasteiger partial charge on any atom is 0.334 e. The number of imide groups is 1. The fourth-order valence-corrected chi connectivity index (χ4v) is 15.1. The first-order chi connectivity index (χ1) is 42.0. The topological polar surface area (TPSA) is 327 Å². The Morgan fingerprint density at radius 3 is 1.97 bits per heavy atom. The van der Waals surface area contributed by atoms with E-state index in [1.807, 2.05) is 39.0 Å². The number of cyclic esters (lactones) is 1. The minimum absolute atomic E-state index is 0.0211. The zero-order chi connectivity index (χ0) is 67.0. The second-order valence-electron chi connectivity index (χ2n) is 28.0. The molecule has 2 amide bonds. The van der Waals surface area contributed by atoms with Crippen molar-refractivity contribution >= 4 is 17.8 Å². The summed E-state index contributed by atoms with van der Waals surface area (Å²) in [6, 6.07) is 0. The largest absolute Gasteiger partial charge is 0.456 e. The van der Waals surface area contributed by atoms with E-state index in [1.165, 1.54) is 47.2 Å². The third-order valence-corrected chi connectivity index (χ3v) is 20.0. The van der Waals surface area contributed by atoms with Crippen molar-refractivity contribution in [3.63, 3.8) is 0 Å². The Bertz CT molecular complexity index is 2570. The standard InChI is InChI=1S/C66H107NO23/c1-30-21-31(2)23-34(5)62(76)87-47(58(73)66(78)36(7)52(69)35(6)44(90-66)25-40(29-79-15)86-49-28-65(14,77)59(39(10)84-49)88-48-27-46(81-17)53(70)37(8)83-48)26-45(80-16)43(68)20-19-41-32(3)24-42(51-50(41)60(74)67(61(51)75)64(11,12)13)56(33(4)22-30)89-63-55(72)54(71)57(82-18)38(9)85-63/h21-24,33,35-59,63,68-73,77-78H,19-20,25-29H2,1-18H3/b30-22+,31-21+,34-23+/t33-,35+,36-,37-,38+,39+,40-,41+,42-,43-,44-,45+,46-,47+,48+,49+,50+,51-,52+,53-,54+,55+,56+,57+,58-,59+,63+,65+,66-/m1/s1. The summed E-state index contributed by atoms with van der Waals surface area (Å²) in [5, 5.41) is 94.9. The lowest BCUT2D eigenvalue weighted by Gasteiger charge is -2.51. The first-order valence-electron chi connectivity index (χ1n) is 32.1. The number of likely N-dealkylation sites (tertiary alicyclic amines) is 1. The van der Waals surface area contributed by atoms with Crippen molar-refractivity contribution in [3.05, 3.63) is 46.6 Å². The summed E-state index contributed by atoms with van der Waals surface area (Å²) in [7, 11) is 5.71. The van der Waals surface area contributed by atoms with Crippen LogP contribution in [0.4, 0.5) is 0 Å². The molecule has 0 aromatic heterocycles. The predicted molar refractivity (Wildman–Crippen MR) is 324 cm³/mol. The zero-order valence-electron chi connectivity index (χ0n) is 56.0. The molecule has 29 atom stereocenters. The van der Waals surface area contributed by atoms with Crippen LogP contribution >= 0.6 is 0 Å². The molecule has 24 heteroatoms. The summed E-state index contributed by atoms with van der Waals surface area (Å²) in [4.78, 5) is 45.8. The predicted octanol–water partition coefficient (Wildman–Crippen LogP) is 3.68. The molecule has 2 bridgehead atoms. The van der Waals surface area contributed by atoms with Crippen LogP contribution in [0.25, 0.3) is 0 Å². The molecule has 5 saturated heterocycles. The molecule has 0 unspecified atom stereocenters. The maximum absolute atomic E-state index is 15.1. The van der Waals surface area contributed by atoms with E-state index in [0.29, 0.717) is 11.1 Å². The number of carbonyl (C=O) groups is 3. The Hall–Kier alpha value is -3.19. The minimum atomic E-state index is -2.63. The number of allylic oxidation sites excluding steroid dienone is 5. The molecular weight excluding hydrogens is 1170 g/mol. The van der Waals surface area contributed by atoms with E-state index in [1.54, 1.807) is 68.4 Å². The Labute approximate surface area is 531 Å². The highest BCUT2D eigenvalue weighted by Crippen LogP contribution is 2.51. The minimum Gasteiger partial charge on any atom is -0.456 e. The van der Waals surface area contributed by atoms with Gasteiger partial charge in [0.2, 0.25) is 17.6 Å². The quantitative estimate of drug-likeness (QED) is 0.0659.